The zero-order chi connectivity index (χ0) is 22.5. The lowest BCUT2D eigenvalue weighted by atomic mass is 10.1. The molecule has 0 aromatic heterocycles. The lowest BCUT2D eigenvalue weighted by molar-refractivity contribution is -0.127. The predicted molar refractivity (Wildman–Crippen MR) is 115 cm³/mol. The van der Waals surface area contributed by atoms with Crippen LogP contribution in [0.15, 0.2) is 42.5 Å². The number of amides is 4. The minimum absolute atomic E-state index is 0.151. The van der Waals surface area contributed by atoms with E-state index in [4.69, 9.17) is 5.73 Å². The Balaban J connectivity index is 1.85. The molecule has 3 rings (SSSR count). The third kappa shape index (κ3) is 5.00. The van der Waals surface area contributed by atoms with Crippen LogP contribution in [0.25, 0.3) is 0 Å². The van der Waals surface area contributed by atoms with E-state index in [9.17, 15) is 18.8 Å². The van der Waals surface area contributed by atoms with Crippen LogP contribution in [0.2, 0.25) is 0 Å². The van der Waals surface area contributed by atoms with Crippen molar-refractivity contribution < 1.29 is 18.8 Å². The molecule has 31 heavy (non-hydrogen) atoms. The van der Waals surface area contributed by atoms with E-state index >= 15 is 0 Å². The smallest absolute Gasteiger partial charge is 0.323 e. The second-order valence-electron chi connectivity index (χ2n) is 7.38. The Bertz CT molecular complexity index is 997. The number of anilines is 1. The summed E-state index contributed by atoms with van der Waals surface area (Å²) in [6, 6.07) is 10.2. The van der Waals surface area contributed by atoms with Crippen molar-refractivity contribution in [1.82, 2.24) is 15.1 Å². The highest BCUT2D eigenvalue weighted by molar-refractivity contribution is 6.00. The van der Waals surface area contributed by atoms with Gasteiger partial charge < -0.3 is 21.3 Å². The summed E-state index contributed by atoms with van der Waals surface area (Å²) >= 11 is 0. The summed E-state index contributed by atoms with van der Waals surface area (Å²) in [5.74, 6) is -1.35. The average molecular weight is 427 g/mol. The van der Waals surface area contributed by atoms with Gasteiger partial charge in [-0.05, 0) is 55.3 Å². The van der Waals surface area contributed by atoms with Crippen molar-refractivity contribution in [3.8, 4) is 0 Å². The van der Waals surface area contributed by atoms with E-state index in [-0.39, 0.29) is 37.8 Å². The van der Waals surface area contributed by atoms with E-state index in [2.05, 4.69) is 10.6 Å². The molecule has 0 aliphatic carbocycles. The quantitative estimate of drug-likeness (QED) is 0.677. The van der Waals surface area contributed by atoms with Gasteiger partial charge in [0.1, 0.15) is 5.82 Å². The molecule has 1 unspecified atom stereocenters. The van der Waals surface area contributed by atoms with Crippen molar-refractivity contribution in [1.29, 1.82) is 0 Å². The standard InChI is InChI=1S/C22H26FN5O3/c1-14-6-7-16(12-15(14)2)21(30)27-10-11-28(20(27)19(29)25-9-8-24)22(31)26-18-5-3-4-17(23)13-18/h3-7,12-13,20H,8-11,24H2,1-2H3,(H,25,29)(H,26,31). The first-order valence-corrected chi connectivity index (χ1v) is 10.0. The fraction of sp³-hybridized carbons (Fsp3) is 0.318. The molecule has 1 heterocycles. The van der Waals surface area contributed by atoms with Gasteiger partial charge in [-0.25, -0.2) is 9.18 Å². The molecule has 1 saturated heterocycles. The second-order valence-corrected chi connectivity index (χ2v) is 7.38. The highest BCUT2D eigenvalue weighted by atomic mass is 19.1. The normalized spacial score (nSPS) is 15.7. The number of hydrogen-bond acceptors (Lipinski definition) is 4. The lowest BCUT2D eigenvalue weighted by Gasteiger charge is -2.29. The number of rotatable bonds is 5. The number of carbonyl (C=O) groups excluding carboxylic acids is 3. The molecule has 0 spiro atoms. The number of hydrogen-bond donors (Lipinski definition) is 3. The molecule has 0 radical (unpaired) electrons. The summed E-state index contributed by atoms with van der Waals surface area (Å²) in [6.45, 7) is 4.61. The highest BCUT2D eigenvalue weighted by Crippen LogP contribution is 2.21. The number of nitrogens with one attached hydrogen (secondary N) is 2. The van der Waals surface area contributed by atoms with Gasteiger partial charge in [0.15, 0.2) is 6.17 Å². The lowest BCUT2D eigenvalue weighted by Crippen LogP contribution is -2.55. The second kappa shape index (κ2) is 9.57. The topological polar surface area (TPSA) is 108 Å². The Kier molecular flexibility index (Phi) is 6.86. The van der Waals surface area contributed by atoms with Crippen LogP contribution in [0.1, 0.15) is 21.5 Å². The maximum atomic E-state index is 13.5. The van der Waals surface area contributed by atoms with Crippen molar-refractivity contribution in [3.05, 3.63) is 65.0 Å². The SMILES string of the molecule is Cc1ccc(C(=O)N2CCN(C(=O)Nc3cccc(F)c3)C2C(=O)NCCN)cc1C. The van der Waals surface area contributed by atoms with Gasteiger partial charge in [-0.3, -0.25) is 14.5 Å². The fourth-order valence-corrected chi connectivity index (χ4v) is 3.43. The van der Waals surface area contributed by atoms with Gasteiger partial charge >= 0.3 is 6.03 Å². The van der Waals surface area contributed by atoms with Crippen LogP contribution in [0.4, 0.5) is 14.9 Å². The zero-order valence-corrected chi connectivity index (χ0v) is 17.5. The Hall–Kier alpha value is -3.46. The molecule has 1 atom stereocenters. The Morgan fingerprint density at radius 2 is 1.81 bits per heavy atom. The maximum Gasteiger partial charge on any atom is 0.323 e. The van der Waals surface area contributed by atoms with E-state index in [0.717, 1.165) is 11.1 Å². The number of nitrogens with zero attached hydrogens (tertiary/aromatic N) is 2. The maximum absolute atomic E-state index is 13.5. The molecule has 8 nitrogen and oxygen atoms in total. The number of aryl methyl sites for hydroxylation is 2. The first-order valence-electron chi connectivity index (χ1n) is 10.0. The number of benzene rings is 2. The molecule has 1 fully saturated rings. The van der Waals surface area contributed by atoms with E-state index < -0.39 is 23.9 Å². The van der Waals surface area contributed by atoms with Crippen LogP contribution in [0.5, 0.6) is 0 Å². The van der Waals surface area contributed by atoms with Crippen molar-refractivity contribution in [2.45, 2.75) is 20.0 Å². The van der Waals surface area contributed by atoms with Crippen molar-refractivity contribution in [2.24, 2.45) is 5.73 Å². The van der Waals surface area contributed by atoms with Gasteiger partial charge in [0.2, 0.25) is 0 Å². The Labute approximate surface area is 180 Å². The van der Waals surface area contributed by atoms with Gasteiger partial charge in [-0.15, -0.1) is 0 Å². The van der Waals surface area contributed by atoms with Crippen LogP contribution in [0.3, 0.4) is 0 Å². The fourth-order valence-electron chi connectivity index (χ4n) is 3.43. The third-order valence-electron chi connectivity index (χ3n) is 5.20. The Morgan fingerprint density at radius 1 is 1.06 bits per heavy atom. The predicted octanol–water partition coefficient (Wildman–Crippen LogP) is 1.83. The molecule has 2 aromatic rings. The van der Waals surface area contributed by atoms with Crippen LogP contribution in [-0.2, 0) is 4.79 Å². The van der Waals surface area contributed by atoms with Crippen molar-refractivity contribution in [2.75, 3.05) is 31.5 Å². The van der Waals surface area contributed by atoms with Gasteiger partial charge in [-0.1, -0.05) is 12.1 Å². The van der Waals surface area contributed by atoms with Gasteiger partial charge in [0.25, 0.3) is 11.8 Å². The largest absolute Gasteiger partial charge is 0.351 e. The summed E-state index contributed by atoms with van der Waals surface area (Å²) in [5, 5.41) is 5.24. The number of urea groups is 1. The molecular formula is C22H26FN5O3. The van der Waals surface area contributed by atoms with Crippen LogP contribution in [-0.4, -0.2) is 60.0 Å². The molecular weight excluding hydrogens is 401 g/mol. The van der Waals surface area contributed by atoms with Crippen molar-refractivity contribution in [3.63, 3.8) is 0 Å². The minimum atomic E-state index is -1.14. The third-order valence-corrected chi connectivity index (χ3v) is 5.20. The van der Waals surface area contributed by atoms with E-state index in [1.807, 2.05) is 19.9 Å². The minimum Gasteiger partial charge on any atom is -0.351 e. The molecule has 1 aliphatic heterocycles. The monoisotopic (exact) mass is 427 g/mol. The van der Waals surface area contributed by atoms with Gasteiger partial charge in [-0.2, -0.15) is 0 Å². The first-order chi connectivity index (χ1) is 14.8. The highest BCUT2D eigenvalue weighted by Gasteiger charge is 2.43. The molecule has 2 aromatic carbocycles. The molecule has 164 valence electrons. The zero-order valence-electron chi connectivity index (χ0n) is 17.5. The molecule has 4 amide bonds. The molecule has 4 N–H and O–H groups in total. The molecule has 0 bridgehead atoms. The summed E-state index contributed by atoms with van der Waals surface area (Å²) in [4.78, 5) is 41.5. The van der Waals surface area contributed by atoms with E-state index in [0.29, 0.717) is 5.56 Å². The van der Waals surface area contributed by atoms with E-state index in [1.54, 1.807) is 18.2 Å². The molecule has 1 aliphatic rings. The molecule has 0 saturated carbocycles. The first kappa shape index (κ1) is 22.2. The van der Waals surface area contributed by atoms with Crippen LogP contribution in [0, 0.1) is 19.7 Å². The molecule has 9 heteroatoms. The van der Waals surface area contributed by atoms with Gasteiger partial charge in [0.05, 0.1) is 0 Å². The van der Waals surface area contributed by atoms with E-state index in [1.165, 1.54) is 28.0 Å². The summed E-state index contributed by atoms with van der Waals surface area (Å²) in [6.07, 6.45) is -1.14. The number of nitrogens with two attached hydrogens (primary N) is 1. The van der Waals surface area contributed by atoms with Crippen molar-refractivity contribution >= 4 is 23.5 Å². The summed E-state index contributed by atoms with van der Waals surface area (Å²) in [7, 11) is 0. The Morgan fingerprint density at radius 3 is 2.48 bits per heavy atom. The van der Waals surface area contributed by atoms with Crippen LogP contribution < -0.4 is 16.4 Å². The number of carbonyl (C=O) groups is 3. The van der Waals surface area contributed by atoms with Gasteiger partial charge in [0, 0.05) is 37.4 Å². The van der Waals surface area contributed by atoms with Crippen LogP contribution >= 0.6 is 0 Å². The summed E-state index contributed by atoms with van der Waals surface area (Å²) < 4.78 is 13.5. The average Bonchev–Trinajstić information content (AvgIpc) is 3.19. The summed E-state index contributed by atoms with van der Waals surface area (Å²) in [5.41, 5.74) is 8.17. The number of halogens is 1.